The van der Waals surface area contributed by atoms with E-state index >= 15 is 0 Å². The largest absolute Gasteiger partial charge is 0.330 e. The van der Waals surface area contributed by atoms with Gasteiger partial charge in [-0.05, 0) is 53.9 Å². The molecule has 0 amide bonds. The van der Waals surface area contributed by atoms with Gasteiger partial charge in [0.15, 0.2) is 0 Å². The maximum atomic E-state index is 5.41. The molecule has 1 rings (SSSR count). The van der Waals surface area contributed by atoms with E-state index in [-0.39, 0.29) is 0 Å². The fourth-order valence-electron chi connectivity index (χ4n) is 1.02. The summed E-state index contributed by atoms with van der Waals surface area (Å²) in [5.41, 5.74) is 7.77. The van der Waals surface area contributed by atoms with E-state index in [1.165, 1.54) is 5.56 Å². The molecule has 0 fully saturated rings. The zero-order chi connectivity index (χ0) is 8.97. The normalized spacial score (nSPS) is 10.2. The van der Waals surface area contributed by atoms with Gasteiger partial charge < -0.3 is 5.73 Å². The molecule has 0 bridgehead atoms. The summed E-state index contributed by atoms with van der Waals surface area (Å²) < 4.78 is 1.07. The Morgan fingerprint density at radius 3 is 2.92 bits per heavy atom. The third kappa shape index (κ3) is 2.57. The van der Waals surface area contributed by atoms with Crippen molar-refractivity contribution in [2.75, 3.05) is 6.54 Å². The van der Waals surface area contributed by atoms with E-state index in [0.717, 1.165) is 29.6 Å². The van der Waals surface area contributed by atoms with Crippen LogP contribution in [0, 0.1) is 6.92 Å². The summed E-state index contributed by atoms with van der Waals surface area (Å²) in [6.07, 6.45) is 3.83. The number of aryl methyl sites for hydroxylation is 2. The van der Waals surface area contributed by atoms with Crippen LogP contribution < -0.4 is 5.73 Å². The first-order valence-corrected chi connectivity index (χ1v) is 4.84. The molecule has 0 spiro atoms. The number of hydrogen-bond acceptors (Lipinski definition) is 2. The highest BCUT2D eigenvalue weighted by molar-refractivity contribution is 9.10. The lowest BCUT2D eigenvalue weighted by molar-refractivity contribution is 0.808. The molecule has 1 aromatic heterocycles. The summed E-state index contributed by atoms with van der Waals surface area (Å²) >= 11 is 3.41. The minimum absolute atomic E-state index is 0.733. The Balaban J connectivity index is 2.69. The van der Waals surface area contributed by atoms with Crippen LogP contribution in [0.4, 0.5) is 0 Å². The van der Waals surface area contributed by atoms with Crippen LogP contribution in [0.15, 0.2) is 16.7 Å². The van der Waals surface area contributed by atoms with Crippen molar-refractivity contribution in [3.63, 3.8) is 0 Å². The number of halogens is 1. The molecule has 0 unspecified atom stereocenters. The molecular formula is C9H13BrN2. The third-order valence-electron chi connectivity index (χ3n) is 1.74. The first-order valence-electron chi connectivity index (χ1n) is 4.05. The Morgan fingerprint density at radius 2 is 2.33 bits per heavy atom. The summed E-state index contributed by atoms with van der Waals surface area (Å²) in [4.78, 5) is 4.27. The van der Waals surface area contributed by atoms with Crippen molar-refractivity contribution < 1.29 is 0 Å². The van der Waals surface area contributed by atoms with Crippen LogP contribution in [0.25, 0.3) is 0 Å². The minimum atomic E-state index is 0.733. The topological polar surface area (TPSA) is 38.9 Å². The number of pyridine rings is 1. The van der Waals surface area contributed by atoms with Crippen molar-refractivity contribution in [2.24, 2.45) is 5.73 Å². The van der Waals surface area contributed by atoms with Crippen LogP contribution in [0.3, 0.4) is 0 Å². The van der Waals surface area contributed by atoms with Gasteiger partial charge in [-0.15, -0.1) is 0 Å². The maximum Gasteiger partial charge on any atom is 0.0416 e. The fraction of sp³-hybridized carbons (Fsp3) is 0.444. The van der Waals surface area contributed by atoms with E-state index in [1.54, 1.807) is 0 Å². The third-order valence-corrected chi connectivity index (χ3v) is 2.57. The van der Waals surface area contributed by atoms with Crippen molar-refractivity contribution in [1.82, 2.24) is 4.98 Å². The van der Waals surface area contributed by atoms with Crippen molar-refractivity contribution in [3.05, 3.63) is 28.0 Å². The average molecular weight is 229 g/mol. The lowest BCUT2D eigenvalue weighted by Gasteiger charge is -2.01. The maximum absolute atomic E-state index is 5.41. The molecule has 3 heteroatoms. The van der Waals surface area contributed by atoms with Gasteiger partial charge in [0.1, 0.15) is 0 Å². The Morgan fingerprint density at radius 1 is 1.58 bits per heavy atom. The number of nitrogens with two attached hydrogens (primary N) is 1. The highest BCUT2D eigenvalue weighted by Crippen LogP contribution is 2.15. The molecule has 0 aliphatic heterocycles. The Labute approximate surface area is 81.3 Å². The number of rotatable bonds is 3. The number of nitrogens with zero attached hydrogens (tertiary/aromatic N) is 1. The van der Waals surface area contributed by atoms with Crippen LogP contribution in [-0.4, -0.2) is 11.5 Å². The first kappa shape index (κ1) is 9.68. The van der Waals surface area contributed by atoms with E-state index in [9.17, 15) is 0 Å². The first-order chi connectivity index (χ1) is 5.74. The second kappa shape index (κ2) is 4.58. The Kier molecular flexibility index (Phi) is 3.69. The molecule has 0 aliphatic rings. The van der Waals surface area contributed by atoms with E-state index in [1.807, 2.05) is 6.20 Å². The molecule has 66 valence electrons. The quantitative estimate of drug-likeness (QED) is 0.861. The van der Waals surface area contributed by atoms with Crippen molar-refractivity contribution >= 4 is 15.9 Å². The van der Waals surface area contributed by atoms with Gasteiger partial charge in [0, 0.05) is 16.4 Å². The molecule has 12 heavy (non-hydrogen) atoms. The van der Waals surface area contributed by atoms with Gasteiger partial charge in [-0.1, -0.05) is 0 Å². The molecule has 1 aromatic rings. The van der Waals surface area contributed by atoms with Crippen LogP contribution in [0.5, 0.6) is 0 Å². The van der Waals surface area contributed by atoms with Gasteiger partial charge >= 0.3 is 0 Å². The van der Waals surface area contributed by atoms with Crippen molar-refractivity contribution in [1.29, 1.82) is 0 Å². The molecule has 0 saturated heterocycles. The van der Waals surface area contributed by atoms with Crippen LogP contribution in [0.2, 0.25) is 0 Å². The molecule has 2 nitrogen and oxygen atoms in total. The summed E-state index contributed by atoms with van der Waals surface area (Å²) in [6, 6.07) is 2.10. The molecule has 1 heterocycles. The number of aromatic nitrogens is 1. The lowest BCUT2D eigenvalue weighted by Crippen LogP contribution is -2.01. The lowest BCUT2D eigenvalue weighted by atomic mass is 10.2. The zero-order valence-electron chi connectivity index (χ0n) is 7.18. The van der Waals surface area contributed by atoms with E-state index < -0.39 is 0 Å². The summed E-state index contributed by atoms with van der Waals surface area (Å²) in [6.45, 7) is 2.80. The van der Waals surface area contributed by atoms with Gasteiger partial charge in [0.2, 0.25) is 0 Å². The summed E-state index contributed by atoms with van der Waals surface area (Å²) in [5.74, 6) is 0. The van der Waals surface area contributed by atoms with Gasteiger partial charge in [0.05, 0.1) is 0 Å². The van der Waals surface area contributed by atoms with Gasteiger partial charge in [-0.2, -0.15) is 0 Å². The SMILES string of the molecule is Cc1cc(CCCN)ncc1Br. The predicted octanol–water partition coefficient (Wildman–Crippen LogP) is 2.04. The number of hydrogen-bond donors (Lipinski definition) is 1. The van der Waals surface area contributed by atoms with Crippen molar-refractivity contribution in [2.45, 2.75) is 19.8 Å². The highest BCUT2D eigenvalue weighted by Gasteiger charge is 1.97. The van der Waals surface area contributed by atoms with E-state index in [0.29, 0.717) is 0 Å². The molecule has 0 radical (unpaired) electrons. The van der Waals surface area contributed by atoms with Gasteiger partial charge in [-0.3, -0.25) is 4.98 Å². The monoisotopic (exact) mass is 228 g/mol. The standard InChI is InChI=1S/C9H13BrN2/c1-7-5-8(3-2-4-11)12-6-9(7)10/h5-6H,2-4,11H2,1H3. The Bertz CT molecular complexity index is 261. The van der Waals surface area contributed by atoms with Crippen LogP contribution in [-0.2, 0) is 6.42 Å². The van der Waals surface area contributed by atoms with Crippen LogP contribution in [0.1, 0.15) is 17.7 Å². The van der Waals surface area contributed by atoms with E-state index in [2.05, 4.69) is 33.9 Å². The molecule has 0 atom stereocenters. The molecule has 0 aromatic carbocycles. The molecular weight excluding hydrogens is 216 g/mol. The smallest absolute Gasteiger partial charge is 0.0416 e. The van der Waals surface area contributed by atoms with Crippen molar-refractivity contribution in [3.8, 4) is 0 Å². The summed E-state index contributed by atoms with van der Waals surface area (Å²) in [5, 5.41) is 0. The van der Waals surface area contributed by atoms with E-state index in [4.69, 9.17) is 5.73 Å². The average Bonchev–Trinajstić information content (AvgIpc) is 2.07. The Hall–Kier alpha value is -0.410. The van der Waals surface area contributed by atoms with Crippen LogP contribution >= 0.6 is 15.9 Å². The highest BCUT2D eigenvalue weighted by atomic mass is 79.9. The summed E-state index contributed by atoms with van der Waals surface area (Å²) in [7, 11) is 0. The van der Waals surface area contributed by atoms with Gasteiger partial charge in [-0.25, -0.2) is 0 Å². The molecule has 2 N–H and O–H groups in total. The predicted molar refractivity (Wildman–Crippen MR) is 54.0 cm³/mol. The zero-order valence-corrected chi connectivity index (χ0v) is 8.76. The molecule has 0 aliphatic carbocycles. The molecule has 0 saturated carbocycles. The fourth-order valence-corrected chi connectivity index (χ4v) is 1.23. The second-order valence-corrected chi connectivity index (χ2v) is 3.67. The second-order valence-electron chi connectivity index (χ2n) is 2.82. The minimum Gasteiger partial charge on any atom is -0.330 e. The van der Waals surface area contributed by atoms with Gasteiger partial charge in [0.25, 0.3) is 0 Å².